The molecule has 0 spiro atoms. The van der Waals surface area contributed by atoms with Gasteiger partial charge in [-0.05, 0) is 30.5 Å². The van der Waals surface area contributed by atoms with Crippen molar-refractivity contribution < 1.29 is 5.11 Å². The van der Waals surface area contributed by atoms with Crippen molar-refractivity contribution in [1.82, 2.24) is 0 Å². The van der Waals surface area contributed by atoms with Crippen LogP contribution in [0.1, 0.15) is 32.8 Å². The molecule has 1 aromatic rings. The van der Waals surface area contributed by atoms with Crippen LogP contribution in [-0.4, -0.2) is 18.2 Å². The molecule has 2 heteroatoms. The molecule has 0 heterocycles. The number of benzene rings is 1. The van der Waals surface area contributed by atoms with Gasteiger partial charge in [-0.15, -0.1) is 0 Å². The van der Waals surface area contributed by atoms with Crippen LogP contribution in [0.4, 0.5) is 5.69 Å². The van der Waals surface area contributed by atoms with Crippen LogP contribution in [0.15, 0.2) is 24.3 Å². The molecule has 0 aliphatic heterocycles. The highest BCUT2D eigenvalue weighted by Crippen LogP contribution is 2.17. The van der Waals surface area contributed by atoms with E-state index in [4.69, 9.17) is 5.11 Å². The van der Waals surface area contributed by atoms with Gasteiger partial charge in [0.05, 0.1) is 6.61 Å². The second-order valence-corrected chi connectivity index (χ2v) is 4.38. The van der Waals surface area contributed by atoms with Gasteiger partial charge >= 0.3 is 0 Å². The van der Waals surface area contributed by atoms with Gasteiger partial charge in [0.1, 0.15) is 0 Å². The number of aliphatic hydroxyl groups excluding tert-OH is 1. The lowest BCUT2D eigenvalue weighted by Gasteiger charge is -2.26. The van der Waals surface area contributed by atoms with Crippen molar-refractivity contribution in [2.24, 2.45) is 5.92 Å². The molecule has 0 saturated heterocycles. The van der Waals surface area contributed by atoms with Gasteiger partial charge in [-0.1, -0.05) is 32.4 Å². The predicted molar refractivity (Wildman–Crippen MR) is 69.7 cm³/mol. The number of rotatable bonds is 6. The molecule has 90 valence electrons. The maximum Gasteiger partial charge on any atom is 0.0681 e. The Bertz CT molecular complexity index is 294. The molecule has 0 radical (unpaired) electrons. The molecule has 1 atom stereocenters. The summed E-state index contributed by atoms with van der Waals surface area (Å²) in [5.41, 5.74) is 2.23. The smallest absolute Gasteiger partial charge is 0.0681 e. The third-order valence-electron chi connectivity index (χ3n) is 3.09. The fourth-order valence-corrected chi connectivity index (χ4v) is 1.73. The molecule has 1 N–H and O–H groups in total. The number of aliphatic hydroxyl groups is 1. The van der Waals surface area contributed by atoms with Crippen molar-refractivity contribution in [3.8, 4) is 0 Å². The zero-order valence-electron chi connectivity index (χ0n) is 10.6. The van der Waals surface area contributed by atoms with Crippen LogP contribution in [0.5, 0.6) is 0 Å². The second kappa shape index (κ2) is 6.54. The number of anilines is 1. The summed E-state index contributed by atoms with van der Waals surface area (Å²) in [5, 5.41) is 8.99. The van der Waals surface area contributed by atoms with Crippen LogP contribution >= 0.6 is 0 Å². The molecule has 0 aliphatic carbocycles. The SMILES string of the molecule is CCC(C)CN(CC)c1ccc(CO)cc1. The van der Waals surface area contributed by atoms with Gasteiger partial charge in [0.2, 0.25) is 0 Å². The summed E-state index contributed by atoms with van der Waals surface area (Å²) in [6.45, 7) is 8.95. The zero-order chi connectivity index (χ0) is 12.0. The topological polar surface area (TPSA) is 23.5 Å². The van der Waals surface area contributed by atoms with Crippen molar-refractivity contribution in [2.45, 2.75) is 33.8 Å². The van der Waals surface area contributed by atoms with E-state index in [1.165, 1.54) is 12.1 Å². The van der Waals surface area contributed by atoms with Crippen molar-refractivity contribution in [3.05, 3.63) is 29.8 Å². The molecule has 0 saturated carbocycles. The Balaban J connectivity index is 2.70. The molecule has 0 aliphatic rings. The molecule has 1 aromatic carbocycles. The normalized spacial score (nSPS) is 12.5. The summed E-state index contributed by atoms with van der Waals surface area (Å²) in [6, 6.07) is 8.18. The van der Waals surface area contributed by atoms with Crippen molar-refractivity contribution in [1.29, 1.82) is 0 Å². The summed E-state index contributed by atoms with van der Waals surface area (Å²) in [4.78, 5) is 2.38. The average molecular weight is 221 g/mol. The lowest BCUT2D eigenvalue weighted by Crippen LogP contribution is -2.27. The maximum atomic E-state index is 8.99. The second-order valence-electron chi connectivity index (χ2n) is 4.38. The van der Waals surface area contributed by atoms with Crippen LogP contribution in [0.3, 0.4) is 0 Å². The van der Waals surface area contributed by atoms with Gasteiger partial charge < -0.3 is 10.0 Å². The molecular weight excluding hydrogens is 198 g/mol. The number of nitrogens with zero attached hydrogens (tertiary/aromatic N) is 1. The zero-order valence-corrected chi connectivity index (χ0v) is 10.6. The summed E-state index contributed by atoms with van der Waals surface area (Å²) in [5.74, 6) is 0.720. The minimum atomic E-state index is 0.123. The highest BCUT2D eigenvalue weighted by molar-refractivity contribution is 5.47. The van der Waals surface area contributed by atoms with Crippen LogP contribution in [0, 0.1) is 5.92 Å². The predicted octanol–water partition coefficient (Wildman–Crippen LogP) is 3.05. The van der Waals surface area contributed by atoms with Gasteiger partial charge in [-0.3, -0.25) is 0 Å². The highest BCUT2D eigenvalue weighted by atomic mass is 16.3. The van der Waals surface area contributed by atoms with Gasteiger partial charge in [-0.2, -0.15) is 0 Å². The van der Waals surface area contributed by atoms with E-state index in [-0.39, 0.29) is 6.61 Å². The summed E-state index contributed by atoms with van der Waals surface area (Å²) >= 11 is 0. The molecule has 0 bridgehead atoms. The number of hydrogen-bond acceptors (Lipinski definition) is 2. The molecule has 1 unspecified atom stereocenters. The van der Waals surface area contributed by atoms with E-state index in [1.807, 2.05) is 12.1 Å². The highest BCUT2D eigenvalue weighted by Gasteiger charge is 2.07. The molecular formula is C14H23NO. The minimum Gasteiger partial charge on any atom is -0.392 e. The minimum absolute atomic E-state index is 0.123. The standard InChI is InChI=1S/C14H23NO/c1-4-12(3)10-15(5-2)14-8-6-13(11-16)7-9-14/h6-9,12,16H,4-5,10-11H2,1-3H3. The molecule has 0 aromatic heterocycles. The summed E-state index contributed by atoms with van der Waals surface area (Å²) < 4.78 is 0. The first kappa shape index (κ1) is 13.0. The third-order valence-corrected chi connectivity index (χ3v) is 3.09. The first-order valence-electron chi connectivity index (χ1n) is 6.16. The Morgan fingerprint density at radius 1 is 1.19 bits per heavy atom. The van der Waals surface area contributed by atoms with E-state index in [9.17, 15) is 0 Å². The Hall–Kier alpha value is -1.02. The Kier molecular flexibility index (Phi) is 5.33. The fraction of sp³-hybridized carbons (Fsp3) is 0.571. The monoisotopic (exact) mass is 221 g/mol. The number of hydrogen-bond donors (Lipinski definition) is 1. The molecule has 16 heavy (non-hydrogen) atoms. The van der Waals surface area contributed by atoms with Crippen LogP contribution < -0.4 is 4.90 Å². The van der Waals surface area contributed by atoms with E-state index < -0.39 is 0 Å². The Labute approximate surface area is 98.9 Å². The van der Waals surface area contributed by atoms with Gasteiger partial charge in [0, 0.05) is 18.8 Å². The maximum absolute atomic E-state index is 8.99. The largest absolute Gasteiger partial charge is 0.392 e. The summed E-state index contributed by atoms with van der Waals surface area (Å²) in [7, 11) is 0. The van der Waals surface area contributed by atoms with E-state index >= 15 is 0 Å². The Morgan fingerprint density at radius 2 is 1.81 bits per heavy atom. The lowest BCUT2D eigenvalue weighted by atomic mass is 10.1. The van der Waals surface area contributed by atoms with Crippen LogP contribution in [-0.2, 0) is 6.61 Å². The van der Waals surface area contributed by atoms with Crippen molar-refractivity contribution in [3.63, 3.8) is 0 Å². The van der Waals surface area contributed by atoms with Crippen molar-refractivity contribution >= 4 is 5.69 Å². The van der Waals surface area contributed by atoms with Crippen LogP contribution in [0.25, 0.3) is 0 Å². The summed E-state index contributed by atoms with van der Waals surface area (Å²) in [6.07, 6.45) is 1.21. The first-order valence-corrected chi connectivity index (χ1v) is 6.16. The fourth-order valence-electron chi connectivity index (χ4n) is 1.73. The van der Waals surface area contributed by atoms with Crippen LogP contribution in [0.2, 0.25) is 0 Å². The Morgan fingerprint density at radius 3 is 2.25 bits per heavy atom. The van der Waals surface area contributed by atoms with E-state index in [1.54, 1.807) is 0 Å². The molecule has 1 rings (SSSR count). The van der Waals surface area contributed by atoms with E-state index in [2.05, 4.69) is 37.8 Å². The first-order chi connectivity index (χ1) is 7.71. The quantitative estimate of drug-likeness (QED) is 0.798. The van der Waals surface area contributed by atoms with E-state index in [0.29, 0.717) is 0 Å². The van der Waals surface area contributed by atoms with Crippen molar-refractivity contribution in [2.75, 3.05) is 18.0 Å². The van der Waals surface area contributed by atoms with Gasteiger partial charge in [0.25, 0.3) is 0 Å². The third kappa shape index (κ3) is 3.53. The van der Waals surface area contributed by atoms with Gasteiger partial charge in [-0.25, -0.2) is 0 Å². The average Bonchev–Trinajstić information content (AvgIpc) is 2.35. The van der Waals surface area contributed by atoms with Gasteiger partial charge in [0.15, 0.2) is 0 Å². The molecule has 0 amide bonds. The molecule has 0 fully saturated rings. The van der Waals surface area contributed by atoms with E-state index in [0.717, 1.165) is 24.6 Å². The molecule has 2 nitrogen and oxygen atoms in total. The lowest BCUT2D eigenvalue weighted by molar-refractivity contribution is 0.282.